The highest BCUT2D eigenvalue weighted by Crippen LogP contribution is 2.31. The molecule has 0 unspecified atom stereocenters. The first-order chi connectivity index (χ1) is 14.2. The van der Waals surface area contributed by atoms with Gasteiger partial charge in [-0.05, 0) is 80.9 Å². The van der Waals surface area contributed by atoms with Gasteiger partial charge >= 0.3 is 0 Å². The van der Waals surface area contributed by atoms with Crippen LogP contribution in [0.25, 0.3) is 11.4 Å². The van der Waals surface area contributed by atoms with Gasteiger partial charge in [-0.25, -0.2) is 8.42 Å². The highest BCUT2D eigenvalue weighted by molar-refractivity contribution is 7.90. The van der Waals surface area contributed by atoms with Gasteiger partial charge in [0.1, 0.15) is 5.75 Å². The number of ether oxygens (including phenoxy) is 1. The molecular formula is C22H27N3O3S2. The number of nitrogens with zero attached hydrogens (tertiary/aromatic N) is 3. The molecule has 0 saturated heterocycles. The Morgan fingerprint density at radius 2 is 1.80 bits per heavy atom. The van der Waals surface area contributed by atoms with Crippen LogP contribution in [0, 0.1) is 13.8 Å². The molecule has 0 atom stereocenters. The minimum absolute atomic E-state index is 0.272. The summed E-state index contributed by atoms with van der Waals surface area (Å²) in [6.07, 6.45) is 2.19. The summed E-state index contributed by atoms with van der Waals surface area (Å²) in [6, 6.07) is 10.8. The molecule has 0 bridgehead atoms. The second-order valence-electron chi connectivity index (χ2n) is 7.47. The molecule has 1 heterocycles. The van der Waals surface area contributed by atoms with E-state index in [1.54, 1.807) is 24.3 Å². The van der Waals surface area contributed by atoms with Crippen LogP contribution in [0.15, 0.2) is 41.3 Å². The van der Waals surface area contributed by atoms with Crippen LogP contribution in [0.2, 0.25) is 0 Å². The zero-order valence-corrected chi connectivity index (χ0v) is 19.6. The van der Waals surface area contributed by atoms with E-state index in [1.165, 1.54) is 28.9 Å². The molecule has 0 N–H and O–H groups in total. The zero-order valence-electron chi connectivity index (χ0n) is 18.0. The SMILES string of the molecule is CCN(C)CCc1cc(C)c(Oc2nc(-c3ccc(S(C)(=O)=O)cc3)ns2)cc1C. The summed E-state index contributed by atoms with van der Waals surface area (Å²) >= 11 is 1.18. The fourth-order valence-electron chi connectivity index (χ4n) is 3.01. The minimum Gasteiger partial charge on any atom is -0.430 e. The molecule has 0 fully saturated rings. The molecule has 0 aliphatic heterocycles. The van der Waals surface area contributed by atoms with Gasteiger partial charge in [-0.1, -0.05) is 13.0 Å². The smallest absolute Gasteiger partial charge is 0.299 e. The maximum Gasteiger partial charge on any atom is 0.299 e. The second kappa shape index (κ2) is 9.24. The van der Waals surface area contributed by atoms with Gasteiger partial charge in [-0.15, -0.1) is 0 Å². The van der Waals surface area contributed by atoms with Crippen LogP contribution in [0.4, 0.5) is 0 Å². The maximum absolute atomic E-state index is 11.6. The van der Waals surface area contributed by atoms with Crippen molar-refractivity contribution in [2.24, 2.45) is 0 Å². The van der Waals surface area contributed by atoms with E-state index >= 15 is 0 Å². The van der Waals surface area contributed by atoms with Crippen LogP contribution in [-0.2, 0) is 16.3 Å². The van der Waals surface area contributed by atoms with Crippen molar-refractivity contribution in [2.75, 3.05) is 26.4 Å². The largest absolute Gasteiger partial charge is 0.430 e. The summed E-state index contributed by atoms with van der Waals surface area (Å²) in [5.74, 6) is 1.29. The topological polar surface area (TPSA) is 72.4 Å². The van der Waals surface area contributed by atoms with Crippen LogP contribution in [0.1, 0.15) is 23.6 Å². The lowest BCUT2D eigenvalue weighted by molar-refractivity contribution is 0.357. The summed E-state index contributed by atoms with van der Waals surface area (Å²) in [5.41, 5.74) is 4.33. The number of hydrogen-bond donors (Lipinski definition) is 0. The third-order valence-electron chi connectivity index (χ3n) is 5.08. The Balaban J connectivity index is 1.75. The summed E-state index contributed by atoms with van der Waals surface area (Å²) < 4.78 is 33.6. The first-order valence-corrected chi connectivity index (χ1v) is 12.4. The second-order valence-corrected chi connectivity index (χ2v) is 10.2. The molecule has 3 aromatic rings. The Labute approximate surface area is 182 Å². The number of benzene rings is 2. The number of sulfone groups is 1. The molecule has 0 aliphatic rings. The molecule has 0 spiro atoms. The van der Waals surface area contributed by atoms with E-state index in [-0.39, 0.29) is 4.90 Å². The molecule has 160 valence electrons. The Bertz CT molecular complexity index is 1120. The van der Waals surface area contributed by atoms with E-state index < -0.39 is 9.84 Å². The predicted molar refractivity (Wildman–Crippen MR) is 121 cm³/mol. The molecule has 6 nitrogen and oxygen atoms in total. The Morgan fingerprint density at radius 3 is 2.43 bits per heavy atom. The van der Waals surface area contributed by atoms with Crippen LogP contribution in [0.5, 0.6) is 10.9 Å². The summed E-state index contributed by atoms with van der Waals surface area (Å²) in [6.45, 7) is 8.35. The minimum atomic E-state index is -3.23. The van der Waals surface area contributed by atoms with Crippen molar-refractivity contribution in [1.82, 2.24) is 14.3 Å². The Hall–Kier alpha value is -2.29. The Kier molecular flexibility index (Phi) is 6.90. The fourth-order valence-corrected chi connectivity index (χ4v) is 4.21. The van der Waals surface area contributed by atoms with Crippen molar-refractivity contribution in [3.8, 4) is 22.3 Å². The summed E-state index contributed by atoms with van der Waals surface area (Å²) in [4.78, 5) is 7.03. The van der Waals surface area contributed by atoms with Crippen molar-refractivity contribution >= 4 is 21.4 Å². The lowest BCUT2D eigenvalue weighted by atomic mass is 10.0. The lowest BCUT2D eigenvalue weighted by Gasteiger charge is -2.16. The zero-order chi connectivity index (χ0) is 21.9. The van der Waals surface area contributed by atoms with E-state index in [9.17, 15) is 8.42 Å². The van der Waals surface area contributed by atoms with Crippen molar-refractivity contribution in [2.45, 2.75) is 32.1 Å². The molecule has 1 aromatic heterocycles. The van der Waals surface area contributed by atoms with E-state index in [4.69, 9.17) is 4.74 Å². The van der Waals surface area contributed by atoms with E-state index in [0.29, 0.717) is 11.0 Å². The lowest BCUT2D eigenvalue weighted by Crippen LogP contribution is -2.20. The highest BCUT2D eigenvalue weighted by atomic mass is 32.2. The molecule has 30 heavy (non-hydrogen) atoms. The molecule has 0 aliphatic carbocycles. The first-order valence-electron chi connectivity index (χ1n) is 9.78. The Morgan fingerprint density at radius 1 is 1.10 bits per heavy atom. The third kappa shape index (κ3) is 5.44. The normalized spacial score (nSPS) is 11.8. The number of rotatable bonds is 8. The number of aryl methyl sites for hydroxylation is 2. The monoisotopic (exact) mass is 445 g/mol. The van der Waals surface area contributed by atoms with Gasteiger partial charge in [-0.3, -0.25) is 0 Å². The molecule has 0 saturated carbocycles. The van der Waals surface area contributed by atoms with Gasteiger partial charge in [0.2, 0.25) is 0 Å². The average Bonchev–Trinajstić information content (AvgIpc) is 3.17. The van der Waals surface area contributed by atoms with Crippen LogP contribution >= 0.6 is 11.5 Å². The van der Waals surface area contributed by atoms with Gasteiger partial charge in [0.15, 0.2) is 15.7 Å². The van der Waals surface area contributed by atoms with Crippen LogP contribution in [0.3, 0.4) is 0 Å². The van der Waals surface area contributed by atoms with Crippen molar-refractivity contribution in [1.29, 1.82) is 0 Å². The summed E-state index contributed by atoms with van der Waals surface area (Å²) in [7, 11) is -1.10. The highest BCUT2D eigenvalue weighted by Gasteiger charge is 2.13. The average molecular weight is 446 g/mol. The fraction of sp³-hybridized carbons (Fsp3) is 0.364. The van der Waals surface area contributed by atoms with Crippen molar-refractivity contribution < 1.29 is 13.2 Å². The van der Waals surface area contributed by atoms with Gasteiger partial charge in [0.05, 0.1) is 4.90 Å². The maximum atomic E-state index is 11.6. The molecule has 0 amide bonds. The molecule has 0 radical (unpaired) electrons. The van der Waals surface area contributed by atoms with E-state index in [1.807, 2.05) is 6.92 Å². The van der Waals surface area contributed by atoms with E-state index in [0.717, 1.165) is 36.4 Å². The van der Waals surface area contributed by atoms with Gasteiger partial charge in [-0.2, -0.15) is 9.36 Å². The van der Waals surface area contributed by atoms with Gasteiger partial charge in [0, 0.05) is 29.9 Å². The molecule has 3 rings (SSSR count). The van der Waals surface area contributed by atoms with Gasteiger partial charge < -0.3 is 9.64 Å². The molecular weight excluding hydrogens is 418 g/mol. The van der Waals surface area contributed by atoms with Crippen LogP contribution < -0.4 is 4.74 Å². The number of hydrogen-bond acceptors (Lipinski definition) is 7. The van der Waals surface area contributed by atoms with Crippen LogP contribution in [-0.4, -0.2) is 49.1 Å². The third-order valence-corrected chi connectivity index (χ3v) is 6.81. The summed E-state index contributed by atoms with van der Waals surface area (Å²) in [5, 5.41) is 0.457. The first kappa shape index (κ1) is 22.4. The van der Waals surface area contributed by atoms with Crippen molar-refractivity contribution in [3.05, 3.63) is 53.1 Å². The number of aromatic nitrogens is 2. The quantitative estimate of drug-likeness (QED) is 0.508. The molecule has 8 heteroatoms. The molecule has 2 aromatic carbocycles. The van der Waals surface area contributed by atoms with Gasteiger partial charge in [0.25, 0.3) is 5.19 Å². The number of likely N-dealkylation sites (N-methyl/N-ethyl adjacent to an activating group) is 1. The van der Waals surface area contributed by atoms with Crippen molar-refractivity contribution in [3.63, 3.8) is 0 Å². The standard InChI is InChI=1S/C22H27N3O3S2/c1-6-25(4)12-11-18-13-16(3)20(14-15(18)2)28-22-23-21(24-29-22)17-7-9-19(10-8-17)30(5,26)27/h7-10,13-14H,6,11-12H2,1-5H3. The van der Waals surface area contributed by atoms with E-state index in [2.05, 4.69) is 47.3 Å². The predicted octanol–water partition coefficient (Wildman–Crippen LogP) is 4.51.